The number of nitrogens with two attached hydrogens (primary N) is 2. The first kappa shape index (κ1) is 17.3. The smallest absolute Gasteiger partial charge is 0.159 e. The largest absolute Gasteiger partial charge is 0.508 e. The van der Waals surface area contributed by atoms with Crippen molar-refractivity contribution in [3.63, 3.8) is 0 Å². The molecule has 0 unspecified atom stereocenters. The summed E-state index contributed by atoms with van der Waals surface area (Å²) in [6, 6.07) is 6.90. The van der Waals surface area contributed by atoms with E-state index in [2.05, 4.69) is 0 Å². The predicted octanol–water partition coefficient (Wildman–Crippen LogP) is 2.27. The SMILES string of the molecule is CC(C)c1cc(/C(N)=C/N(N)c2ccc(O)c(O)c2)c(O)cc1O. The van der Waals surface area contributed by atoms with Gasteiger partial charge in [-0.25, -0.2) is 5.84 Å². The number of rotatable bonds is 4. The summed E-state index contributed by atoms with van der Waals surface area (Å²) < 4.78 is 0. The molecule has 2 aromatic rings. The molecule has 0 atom stereocenters. The van der Waals surface area contributed by atoms with E-state index in [4.69, 9.17) is 11.6 Å². The molecule has 0 saturated heterocycles. The first-order valence-corrected chi connectivity index (χ1v) is 7.30. The van der Waals surface area contributed by atoms with Gasteiger partial charge in [0.1, 0.15) is 11.5 Å². The van der Waals surface area contributed by atoms with Crippen molar-refractivity contribution < 1.29 is 20.4 Å². The summed E-state index contributed by atoms with van der Waals surface area (Å²) in [5.74, 6) is 5.17. The summed E-state index contributed by atoms with van der Waals surface area (Å²) in [5, 5.41) is 39.9. The van der Waals surface area contributed by atoms with Gasteiger partial charge in [-0.3, -0.25) is 5.01 Å². The Bertz CT molecular complexity index is 788. The molecular formula is C17H21N3O4. The maximum absolute atomic E-state index is 10.0. The Labute approximate surface area is 139 Å². The van der Waals surface area contributed by atoms with Crippen LogP contribution in [0.3, 0.4) is 0 Å². The van der Waals surface area contributed by atoms with Gasteiger partial charge in [0.05, 0.1) is 11.4 Å². The first-order chi connectivity index (χ1) is 11.2. The molecule has 0 aliphatic rings. The molecule has 0 spiro atoms. The zero-order chi connectivity index (χ0) is 18.0. The number of hydrazine groups is 1. The lowest BCUT2D eigenvalue weighted by Crippen LogP contribution is -2.25. The molecule has 0 aliphatic carbocycles. The average Bonchev–Trinajstić information content (AvgIpc) is 2.49. The summed E-state index contributed by atoms with van der Waals surface area (Å²) in [6.45, 7) is 3.81. The molecule has 0 saturated carbocycles. The molecule has 2 rings (SSSR count). The van der Waals surface area contributed by atoms with E-state index in [1.165, 1.54) is 30.5 Å². The molecule has 0 aromatic heterocycles. The van der Waals surface area contributed by atoms with Crippen LogP contribution in [0.1, 0.15) is 30.9 Å². The molecule has 0 amide bonds. The average molecular weight is 331 g/mol. The minimum atomic E-state index is -0.315. The highest BCUT2D eigenvalue weighted by atomic mass is 16.3. The normalized spacial score (nSPS) is 11.8. The van der Waals surface area contributed by atoms with Gasteiger partial charge in [-0.15, -0.1) is 0 Å². The van der Waals surface area contributed by atoms with Gasteiger partial charge in [0.2, 0.25) is 0 Å². The van der Waals surface area contributed by atoms with E-state index >= 15 is 0 Å². The van der Waals surface area contributed by atoms with Crippen LogP contribution < -0.4 is 16.6 Å². The summed E-state index contributed by atoms with van der Waals surface area (Å²) in [4.78, 5) is 0. The van der Waals surface area contributed by atoms with Gasteiger partial charge >= 0.3 is 0 Å². The van der Waals surface area contributed by atoms with Gasteiger partial charge in [-0.1, -0.05) is 13.8 Å². The van der Waals surface area contributed by atoms with Gasteiger partial charge in [-0.05, 0) is 29.7 Å². The second kappa shape index (κ2) is 6.59. The van der Waals surface area contributed by atoms with Crippen molar-refractivity contribution in [3.05, 3.63) is 47.7 Å². The van der Waals surface area contributed by atoms with E-state index in [1.54, 1.807) is 6.07 Å². The van der Waals surface area contributed by atoms with Gasteiger partial charge < -0.3 is 26.2 Å². The molecule has 0 radical (unpaired) electrons. The van der Waals surface area contributed by atoms with Crippen molar-refractivity contribution in [1.29, 1.82) is 0 Å². The van der Waals surface area contributed by atoms with Crippen LogP contribution in [-0.2, 0) is 0 Å². The second-order valence-electron chi connectivity index (χ2n) is 5.75. The zero-order valence-electron chi connectivity index (χ0n) is 13.4. The van der Waals surface area contributed by atoms with E-state index < -0.39 is 0 Å². The molecule has 24 heavy (non-hydrogen) atoms. The maximum atomic E-state index is 10.0. The van der Waals surface area contributed by atoms with Gasteiger partial charge in [0, 0.05) is 23.9 Å². The number of phenolic OH excluding ortho intramolecular Hbond substituents is 4. The molecule has 0 fully saturated rings. The number of hydrogen-bond donors (Lipinski definition) is 6. The van der Waals surface area contributed by atoms with Gasteiger partial charge in [0.15, 0.2) is 11.5 Å². The number of benzene rings is 2. The Morgan fingerprint density at radius 1 is 0.958 bits per heavy atom. The van der Waals surface area contributed by atoms with Crippen LogP contribution in [0.4, 0.5) is 5.69 Å². The van der Waals surface area contributed by atoms with Crippen LogP contribution in [0, 0.1) is 0 Å². The fraction of sp³-hybridized carbons (Fsp3) is 0.176. The van der Waals surface area contributed by atoms with E-state index in [1.807, 2.05) is 13.8 Å². The molecule has 0 heterocycles. The van der Waals surface area contributed by atoms with Crippen LogP contribution in [0.25, 0.3) is 5.70 Å². The van der Waals surface area contributed by atoms with E-state index in [-0.39, 0.29) is 34.6 Å². The highest BCUT2D eigenvalue weighted by Crippen LogP contribution is 2.35. The van der Waals surface area contributed by atoms with Crippen LogP contribution in [-0.4, -0.2) is 20.4 Å². The lowest BCUT2D eigenvalue weighted by molar-refractivity contribution is 0.404. The quantitative estimate of drug-likeness (QED) is 0.287. The monoisotopic (exact) mass is 331 g/mol. The Balaban J connectivity index is 2.39. The van der Waals surface area contributed by atoms with Crippen molar-refractivity contribution in [1.82, 2.24) is 0 Å². The number of nitrogens with zero attached hydrogens (tertiary/aromatic N) is 1. The summed E-state index contributed by atoms with van der Waals surface area (Å²) in [5.41, 5.74) is 7.53. The topological polar surface area (TPSA) is 136 Å². The molecule has 7 nitrogen and oxygen atoms in total. The van der Waals surface area contributed by atoms with Crippen molar-refractivity contribution in [2.45, 2.75) is 19.8 Å². The highest BCUT2D eigenvalue weighted by molar-refractivity contribution is 5.72. The molecule has 8 N–H and O–H groups in total. The minimum Gasteiger partial charge on any atom is -0.508 e. The Morgan fingerprint density at radius 3 is 2.21 bits per heavy atom. The molecule has 0 bridgehead atoms. The number of phenols is 4. The van der Waals surface area contributed by atoms with Gasteiger partial charge in [0.25, 0.3) is 0 Å². The van der Waals surface area contributed by atoms with Crippen molar-refractivity contribution in [2.75, 3.05) is 5.01 Å². The summed E-state index contributed by atoms with van der Waals surface area (Å²) >= 11 is 0. The van der Waals surface area contributed by atoms with Gasteiger partial charge in [-0.2, -0.15) is 0 Å². The summed E-state index contributed by atoms with van der Waals surface area (Å²) in [6.07, 6.45) is 1.36. The van der Waals surface area contributed by atoms with Crippen LogP contribution in [0.5, 0.6) is 23.0 Å². The Hall–Kier alpha value is -3.06. The molecule has 128 valence electrons. The lowest BCUT2D eigenvalue weighted by atomic mass is 9.98. The minimum absolute atomic E-state index is 0.00730. The van der Waals surface area contributed by atoms with Crippen molar-refractivity contribution in [3.8, 4) is 23.0 Å². The van der Waals surface area contributed by atoms with E-state index in [0.29, 0.717) is 16.8 Å². The van der Waals surface area contributed by atoms with Crippen molar-refractivity contribution >= 4 is 11.4 Å². The maximum Gasteiger partial charge on any atom is 0.159 e. The zero-order valence-corrected chi connectivity index (χ0v) is 13.4. The second-order valence-corrected chi connectivity index (χ2v) is 5.75. The van der Waals surface area contributed by atoms with Crippen LogP contribution >= 0.6 is 0 Å². The lowest BCUT2D eigenvalue weighted by Gasteiger charge is -2.17. The third-order valence-electron chi connectivity index (χ3n) is 3.61. The molecular weight excluding hydrogens is 310 g/mol. The summed E-state index contributed by atoms with van der Waals surface area (Å²) in [7, 11) is 0. The fourth-order valence-corrected chi connectivity index (χ4v) is 2.25. The van der Waals surface area contributed by atoms with Crippen LogP contribution in [0.2, 0.25) is 0 Å². The molecule has 0 aliphatic heterocycles. The number of anilines is 1. The standard InChI is InChI=1S/C17H21N3O4/c1-9(2)11-6-12(16(23)7-15(11)22)13(18)8-20(19)10-3-4-14(21)17(24)5-10/h3-9,21-24H,18-19H2,1-2H3/b13-8-. The van der Waals surface area contributed by atoms with Crippen LogP contribution in [0.15, 0.2) is 36.5 Å². The predicted molar refractivity (Wildman–Crippen MR) is 92.5 cm³/mol. The Morgan fingerprint density at radius 2 is 1.62 bits per heavy atom. The highest BCUT2D eigenvalue weighted by Gasteiger charge is 2.14. The number of aromatic hydroxyl groups is 4. The van der Waals surface area contributed by atoms with Crippen molar-refractivity contribution in [2.24, 2.45) is 11.6 Å². The molecule has 2 aromatic carbocycles. The van der Waals surface area contributed by atoms with E-state index in [0.717, 1.165) is 5.01 Å². The fourth-order valence-electron chi connectivity index (χ4n) is 2.25. The third-order valence-corrected chi connectivity index (χ3v) is 3.61. The third kappa shape index (κ3) is 3.47. The van der Waals surface area contributed by atoms with E-state index in [9.17, 15) is 20.4 Å². The molecule has 7 heteroatoms. The Kier molecular flexibility index (Phi) is 4.75. The number of hydrogen-bond acceptors (Lipinski definition) is 7. The first-order valence-electron chi connectivity index (χ1n) is 7.30.